The number of aliphatic imine (C=N–C) groups is 1. The van der Waals surface area contributed by atoms with E-state index in [2.05, 4.69) is 15.0 Å². The summed E-state index contributed by atoms with van der Waals surface area (Å²) >= 11 is 12.2. The molecule has 1 heterocycles. The molecule has 6 nitrogen and oxygen atoms in total. The van der Waals surface area contributed by atoms with Crippen LogP contribution in [0.4, 0.5) is 5.69 Å². The van der Waals surface area contributed by atoms with Crippen molar-refractivity contribution >= 4 is 50.7 Å². The van der Waals surface area contributed by atoms with Crippen LogP contribution in [0.15, 0.2) is 52.4 Å². The Morgan fingerprint density at radius 2 is 1.76 bits per heavy atom. The van der Waals surface area contributed by atoms with E-state index < -0.39 is 10.0 Å². The third kappa shape index (κ3) is 5.95. The van der Waals surface area contributed by atoms with Crippen LogP contribution in [0.3, 0.4) is 0 Å². The molecule has 1 aliphatic rings. The van der Waals surface area contributed by atoms with E-state index in [0.29, 0.717) is 40.1 Å². The Morgan fingerprint density at radius 1 is 1.03 bits per heavy atom. The van der Waals surface area contributed by atoms with Crippen molar-refractivity contribution < 1.29 is 13.2 Å². The Hall–Kier alpha value is -2.09. The summed E-state index contributed by atoms with van der Waals surface area (Å²) in [5.41, 5.74) is 0.883. The number of carbonyl (C=O) groups excluding carboxylic acids is 1. The van der Waals surface area contributed by atoms with Crippen molar-refractivity contribution in [2.45, 2.75) is 37.0 Å². The Kier molecular flexibility index (Phi) is 7.16. The molecule has 0 saturated heterocycles. The molecule has 2 aromatic rings. The van der Waals surface area contributed by atoms with Gasteiger partial charge < -0.3 is 5.32 Å². The second-order valence-electron chi connectivity index (χ2n) is 6.70. The van der Waals surface area contributed by atoms with Crippen molar-refractivity contribution in [3.8, 4) is 0 Å². The van der Waals surface area contributed by atoms with Crippen molar-refractivity contribution in [2.24, 2.45) is 4.99 Å². The summed E-state index contributed by atoms with van der Waals surface area (Å²) in [4.78, 5) is 16.7. The predicted molar refractivity (Wildman–Crippen MR) is 116 cm³/mol. The quantitative estimate of drug-likeness (QED) is 0.701. The molecule has 0 bridgehead atoms. The fraction of sp³-hybridized carbons (Fsp3) is 0.300. The summed E-state index contributed by atoms with van der Waals surface area (Å²) < 4.78 is 27.9. The molecule has 1 aliphatic heterocycles. The van der Waals surface area contributed by atoms with Gasteiger partial charge in [0.2, 0.25) is 5.91 Å². The maximum Gasteiger partial charge on any atom is 0.262 e. The Bertz CT molecular complexity index is 1020. The number of benzene rings is 2. The van der Waals surface area contributed by atoms with Crippen molar-refractivity contribution in [3.05, 3.63) is 58.1 Å². The van der Waals surface area contributed by atoms with Crippen molar-refractivity contribution in [3.63, 3.8) is 0 Å². The molecule has 0 fully saturated rings. The van der Waals surface area contributed by atoms with Crippen LogP contribution in [-0.2, 0) is 21.2 Å². The molecule has 9 heteroatoms. The van der Waals surface area contributed by atoms with Gasteiger partial charge in [0.25, 0.3) is 10.0 Å². The van der Waals surface area contributed by atoms with Crippen LogP contribution < -0.4 is 10.0 Å². The molecule has 1 amide bonds. The number of nitrogens with one attached hydrogen (secondary N) is 2. The second-order valence-corrected chi connectivity index (χ2v) is 9.19. The lowest BCUT2D eigenvalue weighted by molar-refractivity contribution is -0.115. The first-order valence-corrected chi connectivity index (χ1v) is 11.5. The molecular formula is C20H21Cl2N3O3S. The van der Waals surface area contributed by atoms with Gasteiger partial charge in [0.05, 0.1) is 11.3 Å². The van der Waals surface area contributed by atoms with Crippen molar-refractivity contribution in [2.75, 3.05) is 11.9 Å². The fourth-order valence-electron chi connectivity index (χ4n) is 2.98. The van der Waals surface area contributed by atoms with Gasteiger partial charge >= 0.3 is 0 Å². The monoisotopic (exact) mass is 453 g/mol. The number of amidine groups is 1. The number of anilines is 1. The highest BCUT2D eigenvalue weighted by Crippen LogP contribution is 2.25. The third-order valence-electron chi connectivity index (χ3n) is 4.45. The summed E-state index contributed by atoms with van der Waals surface area (Å²) in [5.74, 6) is 0.126. The van der Waals surface area contributed by atoms with Gasteiger partial charge in [-0.3, -0.25) is 14.5 Å². The van der Waals surface area contributed by atoms with E-state index in [9.17, 15) is 13.2 Å². The van der Waals surface area contributed by atoms with Crippen molar-refractivity contribution in [1.29, 1.82) is 0 Å². The number of hydrogen-bond donors (Lipinski definition) is 2. The van der Waals surface area contributed by atoms with E-state index >= 15 is 0 Å². The summed E-state index contributed by atoms with van der Waals surface area (Å²) in [6.45, 7) is 0.624. The number of amides is 1. The summed E-state index contributed by atoms with van der Waals surface area (Å²) in [6, 6.07) is 11.1. The maximum atomic E-state index is 12.7. The lowest BCUT2D eigenvalue weighted by atomic mass is 10.1. The molecule has 154 valence electrons. The van der Waals surface area contributed by atoms with E-state index in [4.69, 9.17) is 23.2 Å². The Morgan fingerprint density at radius 3 is 2.52 bits per heavy atom. The summed E-state index contributed by atoms with van der Waals surface area (Å²) in [5, 5.41) is 3.49. The predicted octanol–water partition coefficient (Wildman–Crippen LogP) is 4.43. The van der Waals surface area contributed by atoms with Crippen LogP contribution in [0.1, 0.15) is 31.2 Å². The maximum absolute atomic E-state index is 12.7. The van der Waals surface area contributed by atoms with E-state index in [1.165, 1.54) is 12.1 Å². The first kappa shape index (κ1) is 21.6. The molecule has 3 rings (SSSR count). The number of nitrogens with zero attached hydrogens (tertiary/aromatic N) is 1. The minimum atomic E-state index is -3.78. The van der Waals surface area contributed by atoms with Gasteiger partial charge in [0, 0.05) is 28.7 Å². The average molecular weight is 454 g/mol. The minimum absolute atomic E-state index is 0.0233. The summed E-state index contributed by atoms with van der Waals surface area (Å²) in [7, 11) is -3.78. The molecule has 0 atom stereocenters. The topological polar surface area (TPSA) is 87.6 Å². The molecule has 29 heavy (non-hydrogen) atoms. The Labute approximate surface area is 180 Å². The van der Waals surface area contributed by atoms with Gasteiger partial charge in [0.15, 0.2) is 0 Å². The standard InChI is InChI=1S/C20H21Cl2N3O3S/c21-17-8-5-9-18(22)16(17)13-20(26)24-14-6-4-7-15(12-14)29(27,28)25-19-10-2-1-3-11-23-19/h4-9,12H,1-3,10-11,13H2,(H,23,25)(H,24,26). The molecule has 0 spiro atoms. The van der Waals surface area contributed by atoms with Crippen LogP contribution in [0.25, 0.3) is 0 Å². The van der Waals surface area contributed by atoms with E-state index in [1.54, 1.807) is 30.3 Å². The normalized spacial score (nSPS) is 14.6. The van der Waals surface area contributed by atoms with Crippen LogP contribution >= 0.6 is 23.2 Å². The van der Waals surface area contributed by atoms with Crippen molar-refractivity contribution in [1.82, 2.24) is 4.72 Å². The minimum Gasteiger partial charge on any atom is -0.326 e. The highest BCUT2D eigenvalue weighted by atomic mass is 35.5. The van der Waals surface area contributed by atoms with E-state index in [0.717, 1.165) is 19.3 Å². The number of halogens is 2. The van der Waals surface area contributed by atoms with Gasteiger partial charge in [-0.25, -0.2) is 8.42 Å². The average Bonchev–Trinajstić information content (AvgIpc) is 2.93. The van der Waals surface area contributed by atoms with Crippen LogP contribution in [0, 0.1) is 0 Å². The van der Waals surface area contributed by atoms with E-state index in [-0.39, 0.29) is 17.2 Å². The van der Waals surface area contributed by atoms with Crippen LogP contribution in [0.5, 0.6) is 0 Å². The zero-order valence-corrected chi connectivity index (χ0v) is 17.9. The first-order valence-electron chi connectivity index (χ1n) is 9.24. The van der Waals surface area contributed by atoms with Gasteiger partial charge in [-0.2, -0.15) is 0 Å². The fourth-order valence-corrected chi connectivity index (χ4v) is 4.64. The largest absolute Gasteiger partial charge is 0.326 e. The van der Waals surface area contributed by atoms with Gasteiger partial charge in [-0.15, -0.1) is 0 Å². The Balaban J connectivity index is 1.71. The van der Waals surface area contributed by atoms with Crippen LogP contribution in [-0.4, -0.2) is 26.7 Å². The van der Waals surface area contributed by atoms with E-state index in [1.807, 2.05) is 0 Å². The molecule has 0 aromatic heterocycles. The third-order valence-corrected chi connectivity index (χ3v) is 6.54. The first-order chi connectivity index (χ1) is 13.8. The highest BCUT2D eigenvalue weighted by molar-refractivity contribution is 7.90. The number of rotatable bonds is 5. The lowest BCUT2D eigenvalue weighted by Gasteiger charge is -2.12. The zero-order valence-electron chi connectivity index (χ0n) is 15.6. The zero-order chi connectivity index (χ0) is 20.9. The van der Waals surface area contributed by atoms with Gasteiger partial charge in [-0.1, -0.05) is 41.8 Å². The van der Waals surface area contributed by atoms with Gasteiger partial charge in [0.1, 0.15) is 5.84 Å². The molecule has 0 unspecified atom stereocenters. The second kappa shape index (κ2) is 9.61. The molecule has 2 aromatic carbocycles. The molecule has 0 radical (unpaired) electrons. The number of sulfonamides is 1. The highest BCUT2D eigenvalue weighted by Gasteiger charge is 2.18. The molecule has 0 aliphatic carbocycles. The smallest absolute Gasteiger partial charge is 0.262 e. The van der Waals surface area contributed by atoms with Crippen LogP contribution in [0.2, 0.25) is 10.0 Å². The lowest BCUT2D eigenvalue weighted by Crippen LogP contribution is -2.30. The molecular weight excluding hydrogens is 433 g/mol. The SMILES string of the molecule is O=C(Cc1c(Cl)cccc1Cl)Nc1cccc(S(=O)(=O)NC2=NCCCCC2)c1. The molecule has 2 N–H and O–H groups in total. The van der Waals surface area contributed by atoms with Gasteiger partial charge in [-0.05, 0) is 48.7 Å². The summed E-state index contributed by atoms with van der Waals surface area (Å²) in [6.07, 6.45) is 3.48. The number of carbonyl (C=O) groups is 1. The number of hydrogen-bond acceptors (Lipinski definition) is 4. The molecule has 0 saturated carbocycles.